The number of nitrogens with one attached hydrogen (secondary N) is 3. The highest BCUT2D eigenvalue weighted by Gasteiger charge is 2.26. The zero-order valence-corrected chi connectivity index (χ0v) is 16.0. The topological polar surface area (TPSA) is 214 Å². The van der Waals surface area contributed by atoms with E-state index in [-0.39, 0.29) is 6.42 Å². The van der Waals surface area contributed by atoms with Crippen LogP contribution in [-0.4, -0.2) is 71.1 Å². The Labute approximate surface area is 172 Å². The molecule has 0 saturated heterocycles. The SMILES string of the molecule is NC(=O)CC(NC(=O)C(N)CO)C(=O)NCC(=O)NC(Cc1ccccc1)C(=O)O. The number of hydrogen-bond donors (Lipinski definition) is 7. The van der Waals surface area contributed by atoms with E-state index in [0.717, 1.165) is 0 Å². The lowest BCUT2D eigenvalue weighted by atomic mass is 10.1. The number of amides is 4. The summed E-state index contributed by atoms with van der Waals surface area (Å²) in [6, 6.07) is 4.68. The minimum Gasteiger partial charge on any atom is -0.480 e. The van der Waals surface area contributed by atoms with E-state index >= 15 is 0 Å². The van der Waals surface area contributed by atoms with E-state index in [1.807, 2.05) is 0 Å². The first-order valence-electron chi connectivity index (χ1n) is 8.93. The molecule has 0 aliphatic rings. The number of carboxylic acid groups (broad SMARTS) is 1. The predicted octanol–water partition coefficient (Wildman–Crippen LogP) is -3.41. The number of aliphatic carboxylic acids is 1. The molecule has 0 aliphatic carbocycles. The van der Waals surface area contributed by atoms with Gasteiger partial charge in [0.1, 0.15) is 18.1 Å². The first-order chi connectivity index (χ1) is 14.1. The van der Waals surface area contributed by atoms with Crippen LogP contribution in [0.5, 0.6) is 0 Å². The van der Waals surface area contributed by atoms with E-state index in [9.17, 15) is 29.1 Å². The summed E-state index contributed by atoms with van der Waals surface area (Å²) in [5.74, 6) is -4.74. The van der Waals surface area contributed by atoms with Gasteiger partial charge in [-0.15, -0.1) is 0 Å². The third-order valence-corrected chi connectivity index (χ3v) is 3.91. The Kier molecular flexibility index (Phi) is 9.92. The van der Waals surface area contributed by atoms with Gasteiger partial charge in [-0.3, -0.25) is 19.2 Å². The van der Waals surface area contributed by atoms with Crippen LogP contribution in [0.4, 0.5) is 0 Å². The van der Waals surface area contributed by atoms with Crippen LogP contribution in [0, 0.1) is 0 Å². The molecule has 0 aliphatic heterocycles. The first-order valence-corrected chi connectivity index (χ1v) is 8.93. The Morgan fingerprint density at radius 3 is 2.13 bits per heavy atom. The van der Waals surface area contributed by atoms with Gasteiger partial charge in [0, 0.05) is 6.42 Å². The molecule has 0 spiro atoms. The van der Waals surface area contributed by atoms with Gasteiger partial charge in [0.2, 0.25) is 23.6 Å². The summed E-state index contributed by atoms with van der Waals surface area (Å²) >= 11 is 0. The molecule has 0 saturated carbocycles. The molecule has 3 atom stereocenters. The average molecular weight is 423 g/mol. The second kappa shape index (κ2) is 12.1. The van der Waals surface area contributed by atoms with Crippen molar-refractivity contribution in [3.63, 3.8) is 0 Å². The highest BCUT2D eigenvalue weighted by atomic mass is 16.4. The summed E-state index contributed by atoms with van der Waals surface area (Å²) in [4.78, 5) is 58.5. The Balaban J connectivity index is 2.65. The van der Waals surface area contributed by atoms with E-state index in [4.69, 9.17) is 16.6 Å². The van der Waals surface area contributed by atoms with Gasteiger partial charge < -0.3 is 37.6 Å². The zero-order valence-electron chi connectivity index (χ0n) is 16.0. The number of nitrogens with two attached hydrogens (primary N) is 2. The monoisotopic (exact) mass is 423 g/mol. The molecule has 1 aromatic rings. The fourth-order valence-corrected chi connectivity index (χ4v) is 2.36. The number of carbonyl (C=O) groups excluding carboxylic acids is 4. The lowest BCUT2D eigenvalue weighted by Gasteiger charge is -2.19. The quantitative estimate of drug-likeness (QED) is 0.179. The molecule has 0 aromatic heterocycles. The summed E-state index contributed by atoms with van der Waals surface area (Å²) in [5, 5.41) is 24.8. The molecule has 0 bridgehead atoms. The van der Waals surface area contributed by atoms with Gasteiger partial charge in [0.05, 0.1) is 19.6 Å². The largest absolute Gasteiger partial charge is 0.480 e. The van der Waals surface area contributed by atoms with Crippen molar-refractivity contribution >= 4 is 29.6 Å². The van der Waals surface area contributed by atoms with E-state index in [1.165, 1.54) is 0 Å². The minimum atomic E-state index is -1.42. The molecule has 3 unspecified atom stereocenters. The lowest BCUT2D eigenvalue weighted by molar-refractivity contribution is -0.141. The number of primary amides is 1. The maximum Gasteiger partial charge on any atom is 0.326 e. The molecular weight excluding hydrogens is 398 g/mol. The van der Waals surface area contributed by atoms with Crippen molar-refractivity contribution in [2.24, 2.45) is 11.5 Å². The molecule has 0 heterocycles. The summed E-state index contributed by atoms with van der Waals surface area (Å²) < 4.78 is 0. The summed E-state index contributed by atoms with van der Waals surface area (Å²) in [6.45, 7) is -1.29. The van der Waals surface area contributed by atoms with Crippen LogP contribution in [0.15, 0.2) is 30.3 Å². The van der Waals surface area contributed by atoms with Crippen LogP contribution in [-0.2, 0) is 30.4 Å². The number of benzene rings is 1. The van der Waals surface area contributed by atoms with Gasteiger partial charge in [-0.1, -0.05) is 30.3 Å². The second-order valence-corrected chi connectivity index (χ2v) is 6.39. The molecular formula is C18H25N5O7. The van der Waals surface area contributed by atoms with E-state index < -0.39 is 67.3 Å². The van der Waals surface area contributed by atoms with Gasteiger partial charge in [-0.05, 0) is 5.56 Å². The van der Waals surface area contributed by atoms with Gasteiger partial charge in [0.15, 0.2) is 0 Å². The summed E-state index contributed by atoms with van der Waals surface area (Å²) in [7, 11) is 0. The highest BCUT2D eigenvalue weighted by Crippen LogP contribution is 2.03. The second-order valence-electron chi connectivity index (χ2n) is 6.39. The number of rotatable bonds is 12. The maximum atomic E-state index is 12.2. The Morgan fingerprint density at radius 1 is 0.967 bits per heavy atom. The first kappa shape index (κ1) is 24.5. The number of carbonyl (C=O) groups is 5. The minimum absolute atomic E-state index is 0.0370. The van der Waals surface area contributed by atoms with E-state index in [2.05, 4.69) is 16.0 Å². The molecule has 1 aromatic carbocycles. The van der Waals surface area contributed by atoms with Crippen LogP contribution in [0.3, 0.4) is 0 Å². The van der Waals surface area contributed by atoms with E-state index in [0.29, 0.717) is 5.56 Å². The third-order valence-electron chi connectivity index (χ3n) is 3.91. The Bertz CT molecular complexity index is 771. The number of aliphatic hydroxyl groups excluding tert-OH is 1. The molecule has 12 heteroatoms. The molecule has 12 nitrogen and oxygen atoms in total. The predicted molar refractivity (Wildman–Crippen MR) is 104 cm³/mol. The summed E-state index contributed by atoms with van der Waals surface area (Å²) in [5.41, 5.74) is 11.1. The van der Waals surface area contributed by atoms with Crippen molar-refractivity contribution in [2.75, 3.05) is 13.2 Å². The number of carboxylic acids is 1. The molecule has 0 radical (unpaired) electrons. The smallest absolute Gasteiger partial charge is 0.326 e. The van der Waals surface area contributed by atoms with Crippen molar-refractivity contribution in [3.05, 3.63) is 35.9 Å². The van der Waals surface area contributed by atoms with Crippen molar-refractivity contribution < 1.29 is 34.2 Å². The van der Waals surface area contributed by atoms with Gasteiger partial charge in [-0.2, -0.15) is 0 Å². The van der Waals surface area contributed by atoms with Crippen LogP contribution >= 0.6 is 0 Å². The van der Waals surface area contributed by atoms with Crippen LogP contribution in [0.25, 0.3) is 0 Å². The zero-order chi connectivity index (χ0) is 22.7. The summed E-state index contributed by atoms with van der Waals surface area (Å²) in [6.07, 6.45) is -0.529. The fraction of sp³-hybridized carbons (Fsp3) is 0.389. The maximum absolute atomic E-state index is 12.2. The van der Waals surface area contributed by atoms with E-state index in [1.54, 1.807) is 30.3 Å². The van der Waals surface area contributed by atoms with Gasteiger partial charge in [0.25, 0.3) is 0 Å². The molecule has 9 N–H and O–H groups in total. The molecule has 4 amide bonds. The molecule has 0 fully saturated rings. The molecule has 30 heavy (non-hydrogen) atoms. The normalized spacial score (nSPS) is 13.4. The van der Waals surface area contributed by atoms with Gasteiger partial charge in [-0.25, -0.2) is 4.79 Å². The highest BCUT2D eigenvalue weighted by molar-refractivity contribution is 5.95. The number of hydrogen-bond acceptors (Lipinski definition) is 7. The molecule has 164 valence electrons. The van der Waals surface area contributed by atoms with Gasteiger partial charge >= 0.3 is 5.97 Å². The van der Waals surface area contributed by atoms with Crippen LogP contribution < -0.4 is 27.4 Å². The average Bonchev–Trinajstić information content (AvgIpc) is 2.70. The Hall–Kier alpha value is -3.51. The van der Waals surface area contributed by atoms with Crippen LogP contribution in [0.2, 0.25) is 0 Å². The lowest BCUT2D eigenvalue weighted by Crippen LogP contribution is -2.55. The fourth-order valence-electron chi connectivity index (χ4n) is 2.36. The third kappa shape index (κ3) is 8.67. The van der Waals surface area contributed by atoms with Crippen molar-refractivity contribution in [3.8, 4) is 0 Å². The number of aliphatic hydroxyl groups is 1. The van der Waals surface area contributed by atoms with Crippen molar-refractivity contribution in [2.45, 2.75) is 31.0 Å². The van der Waals surface area contributed by atoms with Crippen molar-refractivity contribution in [1.82, 2.24) is 16.0 Å². The van der Waals surface area contributed by atoms with Crippen molar-refractivity contribution in [1.29, 1.82) is 0 Å². The van der Waals surface area contributed by atoms with Crippen LogP contribution in [0.1, 0.15) is 12.0 Å². The standard InChI is InChI=1S/C18H25N5O7/c19-11(9-24)16(27)23-12(7-14(20)25)17(28)21-8-15(26)22-13(18(29)30)6-10-4-2-1-3-5-10/h1-5,11-13,24H,6-9,19H2,(H2,20,25)(H,21,28)(H,22,26)(H,23,27)(H,29,30). The Morgan fingerprint density at radius 2 is 1.60 bits per heavy atom. The molecule has 1 rings (SSSR count).